The lowest BCUT2D eigenvalue weighted by molar-refractivity contribution is -0.137. The van der Waals surface area contributed by atoms with Crippen LogP contribution in [0.5, 0.6) is 0 Å². The number of pyridine rings is 3. The third-order valence-electron chi connectivity index (χ3n) is 3.91. The summed E-state index contributed by atoms with van der Waals surface area (Å²) < 4.78 is 38.3. The van der Waals surface area contributed by atoms with Gasteiger partial charge in [0.1, 0.15) is 5.52 Å². The van der Waals surface area contributed by atoms with E-state index in [-0.39, 0.29) is 22.3 Å². The van der Waals surface area contributed by atoms with Crippen LogP contribution in [-0.2, 0) is 6.18 Å². The fourth-order valence-electron chi connectivity index (χ4n) is 2.62. The van der Waals surface area contributed by atoms with Gasteiger partial charge in [-0.15, -0.1) is 0 Å². The monoisotopic (exact) mass is 369 g/mol. The lowest BCUT2D eigenvalue weighted by Crippen LogP contribution is -2.09. The summed E-state index contributed by atoms with van der Waals surface area (Å²) in [6.45, 7) is 0. The van der Waals surface area contributed by atoms with Gasteiger partial charge in [0.25, 0.3) is 5.56 Å². The van der Waals surface area contributed by atoms with E-state index in [9.17, 15) is 18.0 Å². The Balaban J connectivity index is 1.94. The molecule has 0 saturated carbocycles. The molecule has 6 nitrogen and oxygen atoms in total. The van der Waals surface area contributed by atoms with E-state index in [2.05, 4.69) is 24.9 Å². The minimum atomic E-state index is -4.48. The first-order valence-electron chi connectivity index (χ1n) is 7.76. The molecule has 4 aromatic rings. The molecule has 0 unspecified atom stereocenters. The smallest absolute Gasteiger partial charge is 0.313 e. The minimum Gasteiger partial charge on any atom is -0.313 e. The molecule has 9 heteroatoms. The number of fused-ring (bicyclic) bond motifs is 1. The number of H-pyrrole nitrogens is 1. The van der Waals surface area contributed by atoms with Gasteiger partial charge in [0.05, 0.1) is 34.4 Å². The molecule has 0 spiro atoms. The number of nitrogens with one attached hydrogen (secondary N) is 1. The van der Waals surface area contributed by atoms with E-state index < -0.39 is 11.7 Å². The van der Waals surface area contributed by atoms with Crippen LogP contribution in [0.15, 0.2) is 60.0 Å². The van der Waals surface area contributed by atoms with Gasteiger partial charge in [0.15, 0.2) is 0 Å². The molecule has 0 aliphatic heterocycles. The van der Waals surface area contributed by atoms with Crippen molar-refractivity contribution in [1.29, 1.82) is 0 Å². The van der Waals surface area contributed by atoms with Crippen LogP contribution in [0.1, 0.15) is 5.56 Å². The van der Waals surface area contributed by atoms with Crippen molar-refractivity contribution < 1.29 is 13.2 Å². The van der Waals surface area contributed by atoms with E-state index in [0.29, 0.717) is 16.8 Å². The van der Waals surface area contributed by atoms with E-state index in [4.69, 9.17) is 0 Å². The number of alkyl halides is 3. The molecule has 0 radical (unpaired) electrons. The number of nitrogens with zero attached hydrogens (tertiary/aromatic N) is 4. The van der Waals surface area contributed by atoms with E-state index in [0.717, 1.165) is 12.3 Å². The molecule has 0 fully saturated rings. The normalized spacial score (nSPS) is 11.7. The largest absolute Gasteiger partial charge is 0.417 e. The summed E-state index contributed by atoms with van der Waals surface area (Å²) in [4.78, 5) is 31.3. The van der Waals surface area contributed by atoms with Crippen LogP contribution < -0.4 is 5.56 Å². The first kappa shape index (κ1) is 16.8. The van der Waals surface area contributed by atoms with Crippen molar-refractivity contribution in [2.75, 3.05) is 0 Å². The molecule has 0 aliphatic rings. The summed E-state index contributed by atoms with van der Waals surface area (Å²) in [5.41, 5.74) is 0.590. The van der Waals surface area contributed by atoms with Crippen LogP contribution in [0.4, 0.5) is 13.2 Å². The van der Waals surface area contributed by atoms with Gasteiger partial charge in [0.2, 0.25) is 0 Å². The zero-order valence-electron chi connectivity index (χ0n) is 13.5. The van der Waals surface area contributed by atoms with Gasteiger partial charge in [-0.1, -0.05) is 0 Å². The van der Waals surface area contributed by atoms with Crippen molar-refractivity contribution in [1.82, 2.24) is 24.9 Å². The Bertz CT molecular complexity index is 1170. The Kier molecular flexibility index (Phi) is 3.91. The highest BCUT2D eigenvalue weighted by Crippen LogP contribution is 2.31. The van der Waals surface area contributed by atoms with Crippen molar-refractivity contribution in [3.63, 3.8) is 0 Å². The van der Waals surface area contributed by atoms with E-state index in [1.807, 2.05) is 0 Å². The molecule has 27 heavy (non-hydrogen) atoms. The van der Waals surface area contributed by atoms with Crippen LogP contribution in [-0.4, -0.2) is 24.9 Å². The molecule has 0 aliphatic carbocycles. The van der Waals surface area contributed by atoms with Crippen molar-refractivity contribution in [2.24, 2.45) is 0 Å². The van der Waals surface area contributed by atoms with E-state index in [1.54, 1.807) is 24.5 Å². The molecule has 0 bridgehead atoms. The SMILES string of the molecule is O=c1[nH]cnc2c(-c3cccnc3)nc(-c3ccc(C(F)(F)F)cn3)cc12. The second kappa shape index (κ2) is 6.27. The van der Waals surface area contributed by atoms with Crippen LogP contribution in [0.25, 0.3) is 33.5 Å². The predicted molar refractivity (Wildman–Crippen MR) is 91.6 cm³/mol. The van der Waals surface area contributed by atoms with Gasteiger partial charge >= 0.3 is 6.18 Å². The molecular formula is C18H10F3N5O. The summed E-state index contributed by atoms with van der Waals surface area (Å²) in [7, 11) is 0. The van der Waals surface area contributed by atoms with Crippen molar-refractivity contribution >= 4 is 10.9 Å². The highest BCUT2D eigenvalue weighted by atomic mass is 19.4. The predicted octanol–water partition coefficient (Wildman–Crippen LogP) is 3.46. The number of rotatable bonds is 2. The molecule has 4 heterocycles. The highest BCUT2D eigenvalue weighted by molar-refractivity contribution is 5.92. The summed E-state index contributed by atoms with van der Waals surface area (Å²) in [5.74, 6) is 0. The highest BCUT2D eigenvalue weighted by Gasteiger charge is 2.30. The van der Waals surface area contributed by atoms with Crippen LogP contribution in [0, 0.1) is 0 Å². The van der Waals surface area contributed by atoms with Gasteiger partial charge in [-0.25, -0.2) is 9.97 Å². The van der Waals surface area contributed by atoms with Gasteiger partial charge in [-0.3, -0.25) is 14.8 Å². The molecular weight excluding hydrogens is 359 g/mol. The zero-order chi connectivity index (χ0) is 19.0. The number of hydrogen-bond donors (Lipinski definition) is 1. The van der Waals surface area contributed by atoms with Crippen LogP contribution in [0.3, 0.4) is 0 Å². The molecule has 0 saturated heterocycles. The Hall–Kier alpha value is -3.62. The molecule has 4 aromatic heterocycles. The number of hydrogen-bond acceptors (Lipinski definition) is 5. The second-order valence-corrected chi connectivity index (χ2v) is 5.66. The topological polar surface area (TPSA) is 84.4 Å². The lowest BCUT2D eigenvalue weighted by Gasteiger charge is -2.09. The van der Waals surface area contributed by atoms with Crippen LogP contribution >= 0.6 is 0 Å². The number of aromatic amines is 1. The average Bonchev–Trinajstić information content (AvgIpc) is 2.68. The van der Waals surface area contributed by atoms with Gasteiger partial charge in [-0.05, 0) is 30.3 Å². The van der Waals surface area contributed by atoms with Crippen molar-refractivity contribution in [3.8, 4) is 22.6 Å². The van der Waals surface area contributed by atoms with E-state index >= 15 is 0 Å². The molecule has 0 aromatic carbocycles. The van der Waals surface area contributed by atoms with E-state index in [1.165, 1.54) is 18.5 Å². The standard InChI is InChI=1S/C18H10F3N5O/c19-18(20,21)11-3-4-13(23-8-11)14-6-12-16(24-9-25-17(12)27)15(26-14)10-2-1-5-22-7-10/h1-9H,(H,24,25,27). The second-order valence-electron chi connectivity index (χ2n) is 5.66. The summed E-state index contributed by atoms with van der Waals surface area (Å²) >= 11 is 0. The quantitative estimate of drug-likeness (QED) is 0.585. The Labute approximate surface area is 149 Å². The van der Waals surface area contributed by atoms with Gasteiger partial charge in [0, 0.05) is 24.2 Å². The maximum atomic E-state index is 12.8. The molecule has 0 atom stereocenters. The average molecular weight is 369 g/mol. The van der Waals surface area contributed by atoms with Gasteiger partial charge < -0.3 is 4.98 Å². The number of aromatic nitrogens is 5. The van der Waals surface area contributed by atoms with Gasteiger partial charge in [-0.2, -0.15) is 13.2 Å². The summed E-state index contributed by atoms with van der Waals surface area (Å²) in [6, 6.07) is 7.05. The first-order valence-corrected chi connectivity index (χ1v) is 7.76. The molecule has 1 N–H and O–H groups in total. The fraction of sp³-hybridized carbons (Fsp3) is 0.0556. The number of halogens is 3. The summed E-state index contributed by atoms with van der Waals surface area (Å²) in [6.07, 6.45) is 0.673. The maximum absolute atomic E-state index is 12.8. The lowest BCUT2D eigenvalue weighted by atomic mass is 10.1. The minimum absolute atomic E-state index is 0.207. The first-order chi connectivity index (χ1) is 12.9. The molecule has 4 rings (SSSR count). The van der Waals surface area contributed by atoms with Crippen molar-refractivity contribution in [3.05, 3.63) is 71.2 Å². The Morgan fingerprint density at radius 1 is 1.00 bits per heavy atom. The van der Waals surface area contributed by atoms with Crippen molar-refractivity contribution in [2.45, 2.75) is 6.18 Å². The molecule has 0 amide bonds. The molecule has 134 valence electrons. The fourth-order valence-corrected chi connectivity index (χ4v) is 2.62. The third kappa shape index (κ3) is 3.14. The van der Waals surface area contributed by atoms with Crippen LogP contribution in [0.2, 0.25) is 0 Å². The summed E-state index contributed by atoms with van der Waals surface area (Å²) in [5, 5.41) is 0.253. The third-order valence-corrected chi connectivity index (χ3v) is 3.91. The maximum Gasteiger partial charge on any atom is 0.417 e. The zero-order valence-corrected chi connectivity index (χ0v) is 13.5. The Morgan fingerprint density at radius 2 is 1.85 bits per heavy atom. The Morgan fingerprint density at radius 3 is 2.52 bits per heavy atom.